The minimum absolute atomic E-state index is 0.164. The molecule has 22 heavy (non-hydrogen) atoms. The zero-order valence-electron chi connectivity index (χ0n) is 13.6. The molecule has 1 amide bonds. The highest BCUT2D eigenvalue weighted by atomic mass is 16.5. The largest absolute Gasteiger partial charge is 0.382 e. The lowest BCUT2D eigenvalue weighted by molar-refractivity contribution is -0.154. The number of amides is 1. The topological polar surface area (TPSA) is 93.5 Å². The highest BCUT2D eigenvalue weighted by molar-refractivity contribution is 5.75. The maximum atomic E-state index is 11.4. The summed E-state index contributed by atoms with van der Waals surface area (Å²) < 4.78 is 11.1. The molecule has 7 heteroatoms. The molecular weight excluding hydrogens is 284 g/mol. The molecule has 0 aromatic carbocycles. The van der Waals surface area contributed by atoms with Gasteiger partial charge in [0, 0.05) is 38.9 Å². The molecule has 0 unspecified atom stereocenters. The maximum absolute atomic E-state index is 11.4. The number of aromatic amines is 1. The third-order valence-corrected chi connectivity index (χ3v) is 3.97. The molecule has 1 aliphatic rings. The molecule has 2 rings (SSSR count). The first kappa shape index (κ1) is 16.9. The average molecular weight is 310 g/mol. The summed E-state index contributed by atoms with van der Waals surface area (Å²) in [4.78, 5) is 21.5. The number of methoxy groups -OCH3 is 1. The van der Waals surface area contributed by atoms with Gasteiger partial charge in [-0.15, -0.1) is 0 Å². The number of carbonyl (C=O) groups is 1. The summed E-state index contributed by atoms with van der Waals surface area (Å²) in [5.41, 5.74) is 6.85. The van der Waals surface area contributed by atoms with Crippen molar-refractivity contribution in [2.45, 2.75) is 38.8 Å². The molecule has 0 radical (unpaired) electrons. The molecule has 1 aliphatic heterocycles. The third kappa shape index (κ3) is 4.06. The second kappa shape index (κ2) is 7.21. The molecular formula is C15H26N4O3. The van der Waals surface area contributed by atoms with E-state index >= 15 is 0 Å². The Morgan fingerprint density at radius 3 is 2.95 bits per heavy atom. The van der Waals surface area contributed by atoms with Crippen LogP contribution in [0.25, 0.3) is 0 Å². The van der Waals surface area contributed by atoms with Crippen LogP contribution in [0.15, 0.2) is 0 Å². The average Bonchev–Trinajstić information content (AvgIpc) is 2.79. The molecule has 0 aliphatic carbocycles. The molecule has 1 fully saturated rings. The molecule has 0 saturated carbocycles. The van der Waals surface area contributed by atoms with E-state index < -0.39 is 5.60 Å². The van der Waals surface area contributed by atoms with Gasteiger partial charge in [-0.05, 0) is 6.92 Å². The Labute approximate surface area is 131 Å². The van der Waals surface area contributed by atoms with Crippen molar-refractivity contribution in [2.24, 2.45) is 5.73 Å². The van der Waals surface area contributed by atoms with E-state index in [1.807, 2.05) is 6.92 Å². The van der Waals surface area contributed by atoms with Crippen molar-refractivity contribution < 1.29 is 14.3 Å². The summed E-state index contributed by atoms with van der Waals surface area (Å²) in [5, 5.41) is 0. The lowest BCUT2D eigenvalue weighted by Crippen LogP contribution is -2.55. The number of morpholine rings is 1. The van der Waals surface area contributed by atoms with Crippen LogP contribution in [0.4, 0.5) is 0 Å². The fourth-order valence-electron chi connectivity index (χ4n) is 2.98. The van der Waals surface area contributed by atoms with Gasteiger partial charge in [0.15, 0.2) is 0 Å². The van der Waals surface area contributed by atoms with Crippen molar-refractivity contribution in [1.29, 1.82) is 0 Å². The summed E-state index contributed by atoms with van der Waals surface area (Å²) in [6, 6.07) is 0. The number of primary amides is 1. The fourth-order valence-corrected chi connectivity index (χ4v) is 2.98. The summed E-state index contributed by atoms with van der Waals surface area (Å²) in [5.74, 6) is 0.629. The summed E-state index contributed by atoms with van der Waals surface area (Å²) in [6.45, 7) is 7.17. The Morgan fingerprint density at radius 2 is 2.36 bits per heavy atom. The van der Waals surface area contributed by atoms with Gasteiger partial charge < -0.3 is 20.2 Å². The lowest BCUT2D eigenvalue weighted by atomic mass is 9.97. The first-order valence-corrected chi connectivity index (χ1v) is 7.66. The molecule has 1 aromatic rings. The van der Waals surface area contributed by atoms with Gasteiger partial charge in [-0.25, -0.2) is 4.98 Å². The van der Waals surface area contributed by atoms with Crippen molar-refractivity contribution in [3.63, 3.8) is 0 Å². The predicted molar refractivity (Wildman–Crippen MR) is 82.4 cm³/mol. The Balaban J connectivity index is 2.07. The molecule has 0 bridgehead atoms. The van der Waals surface area contributed by atoms with Gasteiger partial charge in [0.25, 0.3) is 0 Å². The van der Waals surface area contributed by atoms with E-state index in [1.165, 1.54) is 0 Å². The second-order valence-corrected chi connectivity index (χ2v) is 5.93. The third-order valence-electron chi connectivity index (χ3n) is 3.97. The quantitative estimate of drug-likeness (QED) is 0.759. The van der Waals surface area contributed by atoms with Crippen LogP contribution in [-0.4, -0.2) is 59.8 Å². The number of carbonyl (C=O) groups excluding carboxylic acids is 1. The number of H-pyrrole nitrogens is 1. The Bertz CT molecular complexity index is 513. The summed E-state index contributed by atoms with van der Waals surface area (Å²) in [6.07, 6.45) is 1.05. The van der Waals surface area contributed by atoms with Crippen LogP contribution in [0.1, 0.15) is 30.6 Å². The van der Waals surface area contributed by atoms with Gasteiger partial charge in [-0.2, -0.15) is 0 Å². The Kier molecular flexibility index (Phi) is 5.55. The van der Waals surface area contributed by atoms with E-state index in [2.05, 4.69) is 21.8 Å². The van der Waals surface area contributed by atoms with Crippen molar-refractivity contribution in [1.82, 2.24) is 14.9 Å². The van der Waals surface area contributed by atoms with Crippen LogP contribution in [0.5, 0.6) is 0 Å². The number of aromatic nitrogens is 2. The lowest BCUT2D eigenvalue weighted by Gasteiger charge is -2.41. The SMILES string of the molecule is CCc1nc(CN2CCO[C@](COC)(CC(N)=O)C2)c(C)[nH]1. The molecule has 0 spiro atoms. The number of nitrogens with one attached hydrogen (secondary N) is 1. The van der Waals surface area contributed by atoms with Gasteiger partial charge in [0.05, 0.1) is 25.3 Å². The molecule has 7 nitrogen and oxygen atoms in total. The zero-order valence-corrected chi connectivity index (χ0v) is 13.6. The number of nitrogens with zero attached hydrogens (tertiary/aromatic N) is 2. The predicted octanol–water partition coefficient (Wildman–Crippen LogP) is 0.373. The van der Waals surface area contributed by atoms with Crippen LogP contribution in [0.2, 0.25) is 0 Å². The van der Waals surface area contributed by atoms with E-state index in [9.17, 15) is 4.79 Å². The van der Waals surface area contributed by atoms with Crippen molar-refractivity contribution in [3.05, 3.63) is 17.2 Å². The van der Waals surface area contributed by atoms with E-state index in [0.717, 1.165) is 36.7 Å². The monoisotopic (exact) mass is 310 g/mol. The number of nitrogens with two attached hydrogens (primary N) is 1. The van der Waals surface area contributed by atoms with E-state index in [-0.39, 0.29) is 12.3 Å². The number of hydrogen-bond donors (Lipinski definition) is 2. The molecule has 1 aromatic heterocycles. The van der Waals surface area contributed by atoms with E-state index in [0.29, 0.717) is 19.8 Å². The van der Waals surface area contributed by atoms with Crippen LogP contribution in [0, 0.1) is 6.92 Å². The van der Waals surface area contributed by atoms with Crippen LogP contribution in [0.3, 0.4) is 0 Å². The first-order valence-electron chi connectivity index (χ1n) is 7.66. The molecule has 2 heterocycles. The number of hydrogen-bond acceptors (Lipinski definition) is 5. The number of imidazole rings is 1. The smallest absolute Gasteiger partial charge is 0.220 e. The van der Waals surface area contributed by atoms with E-state index in [4.69, 9.17) is 15.2 Å². The number of ether oxygens (including phenoxy) is 2. The molecule has 1 saturated heterocycles. The van der Waals surface area contributed by atoms with Gasteiger partial charge in [0.1, 0.15) is 11.4 Å². The Hall–Kier alpha value is -1.44. The van der Waals surface area contributed by atoms with Crippen molar-refractivity contribution >= 4 is 5.91 Å². The van der Waals surface area contributed by atoms with Crippen LogP contribution < -0.4 is 5.73 Å². The number of aryl methyl sites for hydroxylation is 2. The van der Waals surface area contributed by atoms with Gasteiger partial charge >= 0.3 is 0 Å². The van der Waals surface area contributed by atoms with E-state index in [1.54, 1.807) is 7.11 Å². The fraction of sp³-hybridized carbons (Fsp3) is 0.733. The van der Waals surface area contributed by atoms with Gasteiger partial charge in [-0.1, -0.05) is 6.92 Å². The normalized spacial score (nSPS) is 22.9. The summed E-state index contributed by atoms with van der Waals surface area (Å²) >= 11 is 0. The number of rotatable bonds is 7. The zero-order chi connectivity index (χ0) is 16.2. The van der Waals surface area contributed by atoms with Crippen LogP contribution >= 0.6 is 0 Å². The van der Waals surface area contributed by atoms with Gasteiger partial charge in [0.2, 0.25) is 5.91 Å². The van der Waals surface area contributed by atoms with Crippen LogP contribution in [-0.2, 0) is 27.2 Å². The minimum atomic E-state index is -0.656. The summed E-state index contributed by atoms with van der Waals surface area (Å²) in [7, 11) is 1.61. The second-order valence-electron chi connectivity index (χ2n) is 5.93. The minimum Gasteiger partial charge on any atom is -0.382 e. The highest BCUT2D eigenvalue weighted by Crippen LogP contribution is 2.24. The standard InChI is InChI=1S/C15H26N4O3/c1-4-14-17-11(2)12(18-14)8-19-5-6-22-15(9-19,10-21-3)7-13(16)20/h4-10H2,1-3H3,(H2,16,20)(H,17,18)/t15-/m1/s1. The molecule has 3 N–H and O–H groups in total. The maximum Gasteiger partial charge on any atom is 0.220 e. The molecule has 1 atom stereocenters. The van der Waals surface area contributed by atoms with Gasteiger partial charge in [-0.3, -0.25) is 9.69 Å². The molecule has 124 valence electrons. The van der Waals surface area contributed by atoms with Crippen molar-refractivity contribution in [3.8, 4) is 0 Å². The highest BCUT2D eigenvalue weighted by Gasteiger charge is 2.38. The van der Waals surface area contributed by atoms with Crippen molar-refractivity contribution in [2.75, 3.05) is 33.4 Å². The first-order chi connectivity index (χ1) is 10.5. The Morgan fingerprint density at radius 1 is 1.59 bits per heavy atom.